The number of para-hydroxylation sites is 1. The molecule has 10 heteroatoms. The van der Waals surface area contributed by atoms with Gasteiger partial charge >= 0.3 is 6.18 Å². The Morgan fingerprint density at radius 1 is 1.37 bits per heavy atom. The number of rotatable bonds is 7. The highest BCUT2D eigenvalue weighted by atomic mass is 79.9. The highest BCUT2D eigenvalue weighted by Gasteiger charge is 2.44. The van der Waals surface area contributed by atoms with Crippen LogP contribution < -0.4 is 10.3 Å². The molecular formula is C20H22BrClF3N3O2. The van der Waals surface area contributed by atoms with Crippen molar-refractivity contribution in [2.24, 2.45) is 11.0 Å². The van der Waals surface area contributed by atoms with Gasteiger partial charge in [-0.2, -0.15) is 18.3 Å². The molecule has 1 N–H and O–H groups in total. The number of carbonyl (C=O) groups is 1. The molecule has 0 radical (unpaired) electrons. The maximum atomic E-state index is 13.2. The van der Waals surface area contributed by atoms with E-state index in [0.717, 1.165) is 30.7 Å². The number of ether oxygens (including phenoxy) is 1. The van der Waals surface area contributed by atoms with Crippen LogP contribution >= 0.6 is 27.5 Å². The first-order valence-corrected chi connectivity index (χ1v) is 10.8. The van der Waals surface area contributed by atoms with Crippen molar-refractivity contribution < 1.29 is 22.7 Å². The topological polar surface area (TPSA) is 53.9 Å². The number of halogens is 5. The number of hydrazone groups is 1. The number of alkyl halides is 3. The minimum atomic E-state index is -4.58. The molecular weight excluding hydrogens is 487 g/mol. The number of carbonyl (C=O) groups excluding carboxylic acids is 1. The monoisotopic (exact) mass is 507 g/mol. The molecule has 0 spiro atoms. The average Bonchev–Trinajstić information content (AvgIpc) is 3.13. The lowest BCUT2D eigenvalue weighted by molar-refractivity contribution is -0.127. The van der Waals surface area contributed by atoms with Gasteiger partial charge in [-0.3, -0.25) is 4.79 Å². The van der Waals surface area contributed by atoms with Crippen molar-refractivity contribution in [2.75, 3.05) is 18.2 Å². The zero-order valence-electron chi connectivity index (χ0n) is 16.1. The van der Waals surface area contributed by atoms with Crippen molar-refractivity contribution in [3.8, 4) is 0 Å². The van der Waals surface area contributed by atoms with Gasteiger partial charge in [0, 0.05) is 13.0 Å². The van der Waals surface area contributed by atoms with Crippen LogP contribution in [0.25, 0.3) is 0 Å². The first kappa shape index (κ1) is 23.1. The molecule has 30 heavy (non-hydrogen) atoms. The lowest BCUT2D eigenvalue weighted by Crippen LogP contribution is -2.36. The van der Waals surface area contributed by atoms with Crippen molar-refractivity contribution in [2.45, 2.75) is 44.5 Å². The van der Waals surface area contributed by atoms with Crippen LogP contribution in [0.1, 0.15) is 32.1 Å². The van der Waals surface area contributed by atoms with E-state index in [9.17, 15) is 18.0 Å². The molecule has 1 aliphatic heterocycles. The van der Waals surface area contributed by atoms with Crippen LogP contribution in [0.15, 0.2) is 39.9 Å². The summed E-state index contributed by atoms with van der Waals surface area (Å²) in [6, 6.07) is 6.42. The van der Waals surface area contributed by atoms with Gasteiger partial charge in [0.25, 0.3) is 0 Å². The molecule has 0 bridgehead atoms. The van der Waals surface area contributed by atoms with E-state index in [1.165, 1.54) is 4.48 Å². The Balaban J connectivity index is 1.53. The zero-order chi connectivity index (χ0) is 21.7. The van der Waals surface area contributed by atoms with Crippen LogP contribution in [0.2, 0.25) is 5.02 Å². The third-order valence-electron chi connectivity index (χ3n) is 5.04. The normalized spacial score (nSPS) is 22.0. The van der Waals surface area contributed by atoms with E-state index >= 15 is 0 Å². The molecule has 1 aromatic carbocycles. The van der Waals surface area contributed by atoms with Crippen LogP contribution in [0.4, 0.5) is 18.9 Å². The van der Waals surface area contributed by atoms with Crippen LogP contribution in [-0.4, -0.2) is 37.2 Å². The summed E-state index contributed by atoms with van der Waals surface area (Å²) in [6.07, 6.45) is -0.0833. The van der Waals surface area contributed by atoms with E-state index in [2.05, 4.69) is 32.4 Å². The van der Waals surface area contributed by atoms with Gasteiger partial charge in [-0.1, -0.05) is 45.7 Å². The lowest BCUT2D eigenvalue weighted by atomic mass is 9.91. The van der Waals surface area contributed by atoms with E-state index in [-0.39, 0.29) is 17.5 Å². The second-order valence-corrected chi connectivity index (χ2v) is 8.67. The minimum Gasteiger partial charge on any atom is -0.354 e. The van der Waals surface area contributed by atoms with Gasteiger partial charge in [0.1, 0.15) is 12.3 Å². The number of hydrogen-bond donors (Lipinski definition) is 1. The molecule has 164 valence electrons. The molecule has 0 fully saturated rings. The van der Waals surface area contributed by atoms with Crippen LogP contribution in [-0.2, 0) is 9.53 Å². The van der Waals surface area contributed by atoms with Crippen molar-refractivity contribution in [1.29, 1.82) is 0 Å². The van der Waals surface area contributed by atoms with Crippen LogP contribution in [0.5, 0.6) is 0 Å². The SMILES string of the molecule is O=C(COC1CC(C(F)(F)F)=NN1c1ccccc1Cl)NCCC1CC=C(Br)CC1. The molecule has 0 aromatic heterocycles. The second-order valence-electron chi connectivity index (χ2n) is 7.24. The summed E-state index contributed by atoms with van der Waals surface area (Å²) in [5, 5.41) is 7.76. The zero-order valence-corrected chi connectivity index (χ0v) is 18.4. The van der Waals surface area contributed by atoms with Gasteiger partial charge in [0.05, 0.1) is 10.7 Å². The fourth-order valence-electron chi connectivity index (χ4n) is 3.39. The fraction of sp³-hybridized carbons (Fsp3) is 0.500. The smallest absolute Gasteiger partial charge is 0.354 e. The Labute approximate surface area is 186 Å². The predicted octanol–water partition coefficient (Wildman–Crippen LogP) is 5.40. The van der Waals surface area contributed by atoms with E-state index in [1.54, 1.807) is 24.3 Å². The van der Waals surface area contributed by atoms with Gasteiger partial charge in [-0.05, 0) is 48.2 Å². The Bertz CT molecular complexity index is 832. The van der Waals surface area contributed by atoms with E-state index in [0.29, 0.717) is 18.2 Å². The molecule has 2 unspecified atom stereocenters. The number of nitrogens with zero attached hydrogens (tertiary/aromatic N) is 2. The van der Waals surface area contributed by atoms with Crippen molar-refractivity contribution in [1.82, 2.24) is 5.32 Å². The van der Waals surface area contributed by atoms with Gasteiger partial charge < -0.3 is 10.1 Å². The number of benzene rings is 1. The first-order valence-electron chi connectivity index (χ1n) is 9.65. The van der Waals surface area contributed by atoms with E-state index in [4.69, 9.17) is 16.3 Å². The lowest BCUT2D eigenvalue weighted by Gasteiger charge is -2.24. The van der Waals surface area contributed by atoms with E-state index < -0.39 is 24.5 Å². The van der Waals surface area contributed by atoms with Crippen molar-refractivity contribution in [3.63, 3.8) is 0 Å². The highest BCUT2D eigenvalue weighted by Crippen LogP contribution is 2.35. The Kier molecular flexibility index (Phi) is 7.81. The van der Waals surface area contributed by atoms with Crippen LogP contribution in [0.3, 0.4) is 0 Å². The van der Waals surface area contributed by atoms with Gasteiger partial charge in [0.2, 0.25) is 5.91 Å². The minimum absolute atomic E-state index is 0.246. The molecule has 0 saturated carbocycles. The second kappa shape index (κ2) is 10.2. The summed E-state index contributed by atoms with van der Waals surface area (Å²) in [5.74, 6) is 0.142. The highest BCUT2D eigenvalue weighted by molar-refractivity contribution is 9.11. The fourth-order valence-corrected chi connectivity index (χ4v) is 4.03. The average molecular weight is 509 g/mol. The van der Waals surface area contributed by atoms with Gasteiger partial charge in [-0.25, -0.2) is 5.01 Å². The largest absolute Gasteiger partial charge is 0.431 e. The molecule has 0 saturated heterocycles. The van der Waals surface area contributed by atoms with Gasteiger partial charge in [-0.15, -0.1) is 0 Å². The summed E-state index contributed by atoms with van der Waals surface area (Å²) in [6.45, 7) is 0.143. The third-order valence-corrected chi connectivity index (χ3v) is 6.08. The maximum absolute atomic E-state index is 13.2. The molecule has 1 heterocycles. The quantitative estimate of drug-likeness (QED) is 0.537. The molecule has 2 atom stereocenters. The number of anilines is 1. The summed E-state index contributed by atoms with van der Waals surface area (Å²) < 4.78 is 46.2. The number of allylic oxidation sites excluding steroid dienone is 2. The Hall–Kier alpha value is -1.58. The van der Waals surface area contributed by atoms with Crippen molar-refractivity contribution in [3.05, 3.63) is 39.8 Å². The Morgan fingerprint density at radius 3 is 2.80 bits per heavy atom. The summed E-state index contributed by atoms with van der Waals surface area (Å²) in [5.41, 5.74) is -0.676. The number of nitrogens with one attached hydrogen (secondary N) is 1. The summed E-state index contributed by atoms with van der Waals surface area (Å²) in [4.78, 5) is 12.1. The van der Waals surface area contributed by atoms with Crippen molar-refractivity contribution >= 4 is 44.8 Å². The maximum Gasteiger partial charge on any atom is 0.431 e. The van der Waals surface area contributed by atoms with E-state index in [1.807, 2.05) is 0 Å². The van der Waals surface area contributed by atoms with Crippen LogP contribution in [0, 0.1) is 5.92 Å². The molecule has 1 amide bonds. The number of amides is 1. The number of hydrogen-bond acceptors (Lipinski definition) is 4. The molecule has 1 aliphatic carbocycles. The predicted molar refractivity (Wildman–Crippen MR) is 114 cm³/mol. The molecule has 3 rings (SSSR count). The molecule has 2 aliphatic rings. The standard InChI is InChI=1S/C20H22BrClF3N3O2/c21-14-7-5-13(6-8-14)9-10-26-18(29)12-30-19-11-17(20(23,24)25)27-28(19)16-4-2-1-3-15(16)22/h1-4,7,13,19H,5-6,8-12H2,(H,26,29). The Morgan fingerprint density at radius 2 is 2.13 bits per heavy atom. The van der Waals surface area contributed by atoms with Gasteiger partial charge in [0.15, 0.2) is 6.23 Å². The first-order chi connectivity index (χ1) is 14.2. The molecule has 5 nitrogen and oxygen atoms in total. The third kappa shape index (κ3) is 6.21. The summed E-state index contributed by atoms with van der Waals surface area (Å²) in [7, 11) is 0. The summed E-state index contributed by atoms with van der Waals surface area (Å²) >= 11 is 9.60. The molecule has 1 aromatic rings.